The third kappa shape index (κ3) is 3.40. The number of carboxylic acid groups (broad SMARTS) is 1. The maximum absolute atomic E-state index is 12.5. The van der Waals surface area contributed by atoms with Crippen molar-refractivity contribution in [2.75, 3.05) is 6.54 Å². The highest BCUT2D eigenvalue weighted by atomic mass is 16.6. The fourth-order valence-electron chi connectivity index (χ4n) is 2.97. The van der Waals surface area contributed by atoms with Crippen LogP contribution in [0.15, 0.2) is 36.5 Å². The predicted octanol–water partition coefficient (Wildman–Crippen LogP) is 2.97. The topological polar surface area (TPSA) is 95.5 Å². The number of carbonyl (C=O) groups is 2. The van der Waals surface area contributed by atoms with Crippen molar-refractivity contribution in [3.05, 3.63) is 53.3 Å². The Morgan fingerprint density at radius 3 is 2.83 bits per heavy atom. The van der Waals surface area contributed by atoms with Gasteiger partial charge in [0.2, 0.25) is 0 Å². The lowest BCUT2D eigenvalue weighted by Gasteiger charge is -2.34. The van der Waals surface area contributed by atoms with Crippen LogP contribution in [0.25, 0.3) is 0 Å². The number of rotatable bonds is 4. The Bertz CT molecular complexity index is 714. The minimum Gasteiger partial charge on any atom is -0.478 e. The van der Waals surface area contributed by atoms with Crippen molar-refractivity contribution in [3.63, 3.8) is 0 Å². The zero-order valence-electron chi connectivity index (χ0n) is 13.1. The van der Waals surface area contributed by atoms with Gasteiger partial charge in [-0.1, -0.05) is 30.3 Å². The summed E-state index contributed by atoms with van der Waals surface area (Å²) in [5.74, 6) is -1.05. The molecule has 1 aromatic heterocycles. The van der Waals surface area contributed by atoms with Gasteiger partial charge in [-0.2, -0.15) is 5.10 Å². The number of nitrogens with zero attached hydrogens (tertiary/aromatic N) is 2. The number of nitrogens with one attached hydrogen (secondary N) is 1. The number of H-pyrrole nitrogens is 1. The van der Waals surface area contributed by atoms with Crippen LogP contribution in [-0.2, 0) is 11.3 Å². The van der Waals surface area contributed by atoms with Crippen LogP contribution < -0.4 is 0 Å². The van der Waals surface area contributed by atoms with Crippen LogP contribution in [0.4, 0.5) is 4.79 Å². The average Bonchev–Trinajstić information content (AvgIpc) is 3.10. The lowest BCUT2D eigenvalue weighted by Crippen LogP contribution is -2.39. The van der Waals surface area contributed by atoms with Crippen LogP contribution in [0.2, 0.25) is 0 Å². The van der Waals surface area contributed by atoms with E-state index in [1.165, 1.54) is 6.20 Å². The summed E-state index contributed by atoms with van der Waals surface area (Å²) < 4.78 is 5.40. The number of hydrogen-bond acceptors (Lipinski definition) is 4. The number of likely N-dealkylation sites (tertiary alicyclic amines) is 1. The van der Waals surface area contributed by atoms with Crippen LogP contribution in [-0.4, -0.2) is 38.8 Å². The zero-order chi connectivity index (χ0) is 16.9. The van der Waals surface area contributed by atoms with Gasteiger partial charge < -0.3 is 9.84 Å². The molecule has 0 radical (unpaired) electrons. The SMILES string of the molecule is O=C(O)c1cn[nH]c1C1CCCCN1C(=O)OCc1ccccc1. The minimum absolute atomic E-state index is 0.0998. The van der Waals surface area contributed by atoms with Crippen molar-refractivity contribution in [2.24, 2.45) is 0 Å². The van der Waals surface area contributed by atoms with Crippen LogP contribution in [0.5, 0.6) is 0 Å². The van der Waals surface area contributed by atoms with Gasteiger partial charge >= 0.3 is 12.1 Å². The molecule has 1 aliphatic rings. The molecule has 3 rings (SSSR count). The number of ether oxygens (including phenoxy) is 1. The molecule has 0 bridgehead atoms. The van der Waals surface area contributed by atoms with E-state index < -0.39 is 12.1 Å². The highest BCUT2D eigenvalue weighted by Gasteiger charge is 2.33. The van der Waals surface area contributed by atoms with Gasteiger partial charge in [0.15, 0.2) is 0 Å². The second-order valence-corrected chi connectivity index (χ2v) is 5.75. The van der Waals surface area contributed by atoms with E-state index in [-0.39, 0.29) is 18.2 Å². The summed E-state index contributed by atoms with van der Waals surface area (Å²) in [6.07, 6.45) is 3.32. The Balaban J connectivity index is 1.73. The summed E-state index contributed by atoms with van der Waals surface area (Å²) in [5, 5.41) is 15.8. The average molecular weight is 329 g/mol. The first-order chi connectivity index (χ1) is 11.7. The van der Waals surface area contributed by atoms with Gasteiger partial charge in [-0.25, -0.2) is 9.59 Å². The van der Waals surface area contributed by atoms with Crippen molar-refractivity contribution < 1.29 is 19.4 Å². The van der Waals surface area contributed by atoms with Gasteiger partial charge in [-0.05, 0) is 24.8 Å². The molecule has 1 fully saturated rings. The smallest absolute Gasteiger partial charge is 0.410 e. The Kier molecular flexibility index (Phi) is 4.79. The Labute approximate surface area is 139 Å². The van der Waals surface area contributed by atoms with Gasteiger partial charge in [-0.3, -0.25) is 10.00 Å². The summed E-state index contributed by atoms with van der Waals surface area (Å²) in [6, 6.07) is 9.09. The van der Waals surface area contributed by atoms with Crippen molar-refractivity contribution in [2.45, 2.75) is 31.9 Å². The van der Waals surface area contributed by atoms with E-state index in [9.17, 15) is 14.7 Å². The van der Waals surface area contributed by atoms with Crippen LogP contribution >= 0.6 is 0 Å². The molecule has 1 aliphatic heterocycles. The lowest BCUT2D eigenvalue weighted by atomic mass is 9.97. The number of aromatic amines is 1. The molecule has 1 unspecified atom stereocenters. The molecule has 7 heteroatoms. The second kappa shape index (κ2) is 7.16. The van der Waals surface area contributed by atoms with Gasteiger partial charge in [0.1, 0.15) is 12.2 Å². The maximum atomic E-state index is 12.5. The van der Waals surface area contributed by atoms with E-state index in [1.807, 2.05) is 30.3 Å². The molecule has 0 spiro atoms. The summed E-state index contributed by atoms with van der Waals surface area (Å²) in [6.45, 7) is 0.730. The summed E-state index contributed by atoms with van der Waals surface area (Å²) in [4.78, 5) is 25.4. The van der Waals surface area contributed by atoms with Crippen LogP contribution in [0.1, 0.15) is 46.9 Å². The fourth-order valence-corrected chi connectivity index (χ4v) is 2.97. The molecule has 1 amide bonds. The second-order valence-electron chi connectivity index (χ2n) is 5.75. The number of aromatic carboxylic acids is 1. The first-order valence-corrected chi connectivity index (χ1v) is 7.90. The lowest BCUT2D eigenvalue weighted by molar-refractivity contribution is 0.0629. The normalized spacial score (nSPS) is 17.5. The third-order valence-corrected chi connectivity index (χ3v) is 4.17. The van der Waals surface area contributed by atoms with E-state index in [1.54, 1.807) is 4.90 Å². The zero-order valence-corrected chi connectivity index (χ0v) is 13.1. The Morgan fingerprint density at radius 1 is 1.29 bits per heavy atom. The third-order valence-electron chi connectivity index (χ3n) is 4.17. The number of benzene rings is 1. The summed E-state index contributed by atoms with van der Waals surface area (Å²) in [5.41, 5.74) is 1.47. The molecule has 126 valence electrons. The largest absolute Gasteiger partial charge is 0.478 e. The number of aromatic nitrogens is 2. The molecule has 7 nitrogen and oxygen atoms in total. The van der Waals surface area contributed by atoms with Gasteiger partial charge in [-0.15, -0.1) is 0 Å². The van der Waals surface area contributed by atoms with E-state index in [0.29, 0.717) is 18.7 Å². The first kappa shape index (κ1) is 16.0. The highest BCUT2D eigenvalue weighted by Crippen LogP contribution is 2.32. The molecule has 1 aromatic carbocycles. The molecule has 24 heavy (non-hydrogen) atoms. The van der Waals surface area contributed by atoms with E-state index in [0.717, 1.165) is 18.4 Å². The predicted molar refractivity (Wildman–Crippen MR) is 85.5 cm³/mol. The van der Waals surface area contributed by atoms with E-state index in [4.69, 9.17) is 4.74 Å². The number of hydrogen-bond donors (Lipinski definition) is 2. The molecular formula is C17H19N3O4. The maximum Gasteiger partial charge on any atom is 0.410 e. The molecule has 1 saturated heterocycles. The monoisotopic (exact) mass is 329 g/mol. The summed E-state index contributed by atoms with van der Waals surface area (Å²) in [7, 11) is 0. The van der Waals surface area contributed by atoms with Gasteiger partial charge in [0.25, 0.3) is 0 Å². The van der Waals surface area contributed by atoms with E-state index >= 15 is 0 Å². The minimum atomic E-state index is -1.05. The number of carbonyl (C=O) groups excluding carboxylic acids is 1. The summed E-state index contributed by atoms with van der Waals surface area (Å²) >= 11 is 0. The first-order valence-electron chi connectivity index (χ1n) is 7.90. The van der Waals surface area contributed by atoms with Crippen molar-refractivity contribution >= 4 is 12.1 Å². The Morgan fingerprint density at radius 2 is 2.08 bits per heavy atom. The van der Waals surface area contributed by atoms with E-state index in [2.05, 4.69) is 10.2 Å². The highest BCUT2D eigenvalue weighted by molar-refractivity contribution is 5.89. The molecule has 2 aromatic rings. The molecule has 1 atom stereocenters. The van der Waals surface area contributed by atoms with Crippen LogP contribution in [0.3, 0.4) is 0 Å². The van der Waals surface area contributed by atoms with Gasteiger partial charge in [0, 0.05) is 6.54 Å². The fraction of sp³-hybridized carbons (Fsp3) is 0.353. The standard InChI is InChI=1S/C17H19N3O4/c21-16(22)13-10-18-19-15(13)14-8-4-5-9-20(14)17(23)24-11-12-6-2-1-3-7-12/h1-3,6-7,10,14H,4-5,8-9,11H2,(H,18,19)(H,21,22). The number of amides is 1. The van der Waals surface area contributed by atoms with Crippen molar-refractivity contribution in [1.82, 2.24) is 15.1 Å². The van der Waals surface area contributed by atoms with Crippen LogP contribution in [0, 0.1) is 0 Å². The van der Waals surface area contributed by atoms with Crippen molar-refractivity contribution in [3.8, 4) is 0 Å². The Hall–Kier alpha value is -2.83. The molecular weight excluding hydrogens is 310 g/mol. The quantitative estimate of drug-likeness (QED) is 0.899. The molecule has 2 heterocycles. The number of carboxylic acids is 1. The molecule has 2 N–H and O–H groups in total. The van der Waals surface area contributed by atoms with Crippen molar-refractivity contribution in [1.29, 1.82) is 0 Å². The molecule has 0 aliphatic carbocycles. The molecule has 0 saturated carbocycles. The van der Waals surface area contributed by atoms with Gasteiger partial charge in [0.05, 0.1) is 17.9 Å². The number of piperidine rings is 1.